The molecule has 1 rings (SSSR count). The Morgan fingerprint density at radius 3 is 2.42 bits per heavy atom. The molecule has 0 saturated heterocycles. The van der Waals surface area contributed by atoms with E-state index in [1.807, 2.05) is 0 Å². The highest BCUT2D eigenvalue weighted by atomic mass is 16.2. The summed E-state index contributed by atoms with van der Waals surface area (Å²) >= 11 is 0. The van der Waals surface area contributed by atoms with Gasteiger partial charge in [0.05, 0.1) is 11.3 Å². The third-order valence-corrected chi connectivity index (χ3v) is 3.02. The number of anilines is 1. The first-order valence-electron chi connectivity index (χ1n) is 6.49. The van der Waals surface area contributed by atoms with Gasteiger partial charge in [0.2, 0.25) is 5.91 Å². The molecule has 5 heteroatoms. The fourth-order valence-corrected chi connectivity index (χ4v) is 1.82. The average molecular weight is 263 g/mol. The molecule has 19 heavy (non-hydrogen) atoms. The molecule has 1 aromatic rings. The molecular formula is C14H21N3O2. The first-order chi connectivity index (χ1) is 9.08. The molecule has 0 aliphatic rings. The minimum Gasteiger partial charge on any atom is -0.366 e. The van der Waals surface area contributed by atoms with Gasteiger partial charge in [-0.15, -0.1) is 0 Å². The van der Waals surface area contributed by atoms with Crippen LogP contribution in [0, 0.1) is 0 Å². The maximum Gasteiger partial charge on any atom is 0.250 e. The predicted octanol–water partition coefficient (Wildman–Crippen LogP) is 1.46. The Balaban J connectivity index is 2.60. The van der Waals surface area contributed by atoms with Gasteiger partial charge in [0.15, 0.2) is 0 Å². The molecular weight excluding hydrogens is 242 g/mol. The molecule has 0 heterocycles. The normalized spacial score (nSPS) is 10.5. The fraction of sp³-hybridized carbons (Fsp3) is 0.429. The Morgan fingerprint density at radius 2 is 1.84 bits per heavy atom. The molecule has 3 N–H and O–H groups in total. The molecule has 5 nitrogen and oxygen atoms in total. The van der Waals surface area contributed by atoms with Crippen molar-refractivity contribution in [2.45, 2.75) is 20.3 Å². The number of rotatable bonds is 7. The van der Waals surface area contributed by atoms with E-state index < -0.39 is 5.91 Å². The number of hydrogen-bond donors (Lipinski definition) is 2. The average Bonchev–Trinajstić information content (AvgIpc) is 2.40. The summed E-state index contributed by atoms with van der Waals surface area (Å²) in [6, 6.07) is 6.75. The molecule has 2 amide bonds. The second kappa shape index (κ2) is 7.53. The van der Waals surface area contributed by atoms with Gasteiger partial charge in [0, 0.05) is 13.0 Å². The SMILES string of the molecule is CCN(CC)CCC(=O)Nc1ccccc1C(N)=O. The molecule has 0 aliphatic carbocycles. The predicted molar refractivity (Wildman–Crippen MR) is 76.0 cm³/mol. The van der Waals surface area contributed by atoms with E-state index in [1.54, 1.807) is 24.3 Å². The monoisotopic (exact) mass is 263 g/mol. The van der Waals surface area contributed by atoms with E-state index in [2.05, 4.69) is 24.1 Å². The minimum atomic E-state index is -0.542. The van der Waals surface area contributed by atoms with Crippen molar-refractivity contribution >= 4 is 17.5 Å². The van der Waals surface area contributed by atoms with E-state index in [0.717, 1.165) is 13.1 Å². The van der Waals surface area contributed by atoms with Crippen LogP contribution in [0.3, 0.4) is 0 Å². The van der Waals surface area contributed by atoms with E-state index in [1.165, 1.54) is 0 Å². The number of amides is 2. The zero-order chi connectivity index (χ0) is 14.3. The molecule has 0 unspecified atom stereocenters. The number of hydrogen-bond acceptors (Lipinski definition) is 3. The number of nitrogens with two attached hydrogens (primary N) is 1. The Hall–Kier alpha value is -1.88. The highest BCUT2D eigenvalue weighted by Crippen LogP contribution is 2.14. The van der Waals surface area contributed by atoms with Crippen molar-refractivity contribution < 1.29 is 9.59 Å². The Kier molecular flexibility index (Phi) is 6.02. The van der Waals surface area contributed by atoms with Gasteiger partial charge in [-0.25, -0.2) is 0 Å². The van der Waals surface area contributed by atoms with Crippen molar-refractivity contribution in [3.05, 3.63) is 29.8 Å². The van der Waals surface area contributed by atoms with Gasteiger partial charge in [-0.3, -0.25) is 9.59 Å². The van der Waals surface area contributed by atoms with Crippen molar-refractivity contribution in [2.75, 3.05) is 25.0 Å². The molecule has 0 fully saturated rings. The smallest absolute Gasteiger partial charge is 0.250 e. The van der Waals surface area contributed by atoms with Crippen LogP contribution in [0.5, 0.6) is 0 Å². The number of para-hydroxylation sites is 1. The van der Waals surface area contributed by atoms with Gasteiger partial charge in [-0.05, 0) is 25.2 Å². The third kappa shape index (κ3) is 4.71. The van der Waals surface area contributed by atoms with Crippen LogP contribution in [-0.4, -0.2) is 36.3 Å². The van der Waals surface area contributed by atoms with Gasteiger partial charge >= 0.3 is 0 Å². The Morgan fingerprint density at radius 1 is 1.21 bits per heavy atom. The van der Waals surface area contributed by atoms with Crippen LogP contribution < -0.4 is 11.1 Å². The minimum absolute atomic E-state index is 0.111. The van der Waals surface area contributed by atoms with E-state index in [4.69, 9.17) is 5.73 Å². The van der Waals surface area contributed by atoms with Gasteiger partial charge in [-0.2, -0.15) is 0 Å². The van der Waals surface area contributed by atoms with Crippen LogP contribution in [0.1, 0.15) is 30.6 Å². The first-order valence-corrected chi connectivity index (χ1v) is 6.49. The van der Waals surface area contributed by atoms with Crippen molar-refractivity contribution in [2.24, 2.45) is 5.73 Å². The van der Waals surface area contributed by atoms with Crippen LogP contribution in [0.15, 0.2) is 24.3 Å². The summed E-state index contributed by atoms with van der Waals surface area (Å²) < 4.78 is 0. The van der Waals surface area contributed by atoms with E-state index in [9.17, 15) is 9.59 Å². The highest BCUT2D eigenvalue weighted by Gasteiger charge is 2.10. The number of nitrogens with zero attached hydrogens (tertiary/aromatic N) is 1. The molecule has 0 aliphatic heterocycles. The molecule has 1 aromatic carbocycles. The van der Waals surface area contributed by atoms with Crippen LogP contribution >= 0.6 is 0 Å². The van der Waals surface area contributed by atoms with Gasteiger partial charge in [0.25, 0.3) is 5.91 Å². The van der Waals surface area contributed by atoms with Crippen LogP contribution in [0.2, 0.25) is 0 Å². The fourth-order valence-electron chi connectivity index (χ4n) is 1.82. The van der Waals surface area contributed by atoms with Crippen LogP contribution in [-0.2, 0) is 4.79 Å². The van der Waals surface area contributed by atoms with Gasteiger partial charge < -0.3 is 16.0 Å². The zero-order valence-electron chi connectivity index (χ0n) is 11.5. The molecule has 0 radical (unpaired) electrons. The highest BCUT2D eigenvalue weighted by molar-refractivity contribution is 6.02. The standard InChI is InChI=1S/C14H21N3O2/c1-3-17(4-2)10-9-13(18)16-12-8-6-5-7-11(12)14(15)19/h5-8H,3-4,9-10H2,1-2H3,(H2,15,19)(H,16,18). The quantitative estimate of drug-likeness (QED) is 0.782. The summed E-state index contributed by atoms with van der Waals surface area (Å²) in [6.45, 7) is 6.66. The summed E-state index contributed by atoms with van der Waals surface area (Å²) in [5, 5.41) is 2.73. The van der Waals surface area contributed by atoms with Crippen molar-refractivity contribution in [3.8, 4) is 0 Å². The van der Waals surface area contributed by atoms with Crippen molar-refractivity contribution in [1.82, 2.24) is 4.90 Å². The molecule has 0 bridgehead atoms. The topological polar surface area (TPSA) is 75.4 Å². The summed E-state index contributed by atoms with van der Waals surface area (Å²) in [5.74, 6) is -0.653. The van der Waals surface area contributed by atoms with Crippen LogP contribution in [0.4, 0.5) is 5.69 Å². The number of carbonyl (C=O) groups is 2. The van der Waals surface area contributed by atoms with E-state index >= 15 is 0 Å². The number of primary amides is 1. The zero-order valence-corrected chi connectivity index (χ0v) is 11.5. The maximum atomic E-state index is 11.8. The lowest BCUT2D eigenvalue weighted by atomic mass is 10.1. The summed E-state index contributed by atoms with van der Waals surface area (Å²) in [5.41, 5.74) is 6.06. The number of nitrogens with one attached hydrogen (secondary N) is 1. The lowest BCUT2D eigenvalue weighted by molar-refractivity contribution is -0.116. The maximum absolute atomic E-state index is 11.8. The lowest BCUT2D eigenvalue weighted by Gasteiger charge is -2.17. The summed E-state index contributed by atoms with van der Waals surface area (Å²) in [7, 11) is 0. The molecule has 0 saturated carbocycles. The van der Waals surface area contributed by atoms with Crippen LogP contribution in [0.25, 0.3) is 0 Å². The molecule has 0 aromatic heterocycles. The van der Waals surface area contributed by atoms with Gasteiger partial charge in [0.1, 0.15) is 0 Å². The lowest BCUT2D eigenvalue weighted by Crippen LogP contribution is -2.28. The van der Waals surface area contributed by atoms with E-state index in [0.29, 0.717) is 24.2 Å². The second-order valence-corrected chi connectivity index (χ2v) is 4.23. The largest absolute Gasteiger partial charge is 0.366 e. The molecule has 104 valence electrons. The summed E-state index contributed by atoms with van der Waals surface area (Å²) in [4.78, 5) is 25.2. The Bertz CT molecular complexity index is 442. The third-order valence-electron chi connectivity index (χ3n) is 3.02. The number of benzene rings is 1. The van der Waals surface area contributed by atoms with E-state index in [-0.39, 0.29) is 5.91 Å². The van der Waals surface area contributed by atoms with Crippen molar-refractivity contribution in [3.63, 3.8) is 0 Å². The van der Waals surface area contributed by atoms with Crippen molar-refractivity contribution in [1.29, 1.82) is 0 Å². The Labute approximate surface area is 113 Å². The summed E-state index contributed by atoms with van der Waals surface area (Å²) in [6.07, 6.45) is 0.398. The van der Waals surface area contributed by atoms with Gasteiger partial charge in [-0.1, -0.05) is 26.0 Å². The molecule has 0 spiro atoms. The molecule has 0 atom stereocenters. The number of carbonyl (C=O) groups excluding carboxylic acids is 2. The first kappa shape index (κ1) is 15.2. The second-order valence-electron chi connectivity index (χ2n) is 4.23.